The zero-order valence-corrected chi connectivity index (χ0v) is 23.2. The Hall–Kier alpha value is -2.83. The molecule has 0 bridgehead atoms. The van der Waals surface area contributed by atoms with Crippen LogP contribution in [-0.2, 0) is 22.6 Å². The van der Waals surface area contributed by atoms with Crippen LogP contribution < -0.4 is 10.1 Å². The fourth-order valence-electron chi connectivity index (χ4n) is 3.89. The van der Waals surface area contributed by atoms with Gasteiger partial charge in [-0.05, 0) is 69.7 Å². The summed E-state index contributed by atoms with van der Waals surface area (Å²) < 4.78 is 6.70. The third-order valence-corrected chi connectivity index (χ3v) is 6.69. The molecule has 1 N–H and O–H groups in total. The molecule has 0 aliphatic rings. The number of hydrogen-bond donors (Lipinski definition) is 1. The van der Waals surface area contributed by atoms with Crippen molar-refractivity contribution in [3.8, 4) is 5.75 Å². The van der Waals surface area contributed by atoms with Crippen LogP contribution in [0.3, 0.4) is 0 Å². The molecule has 5 nitrogen and oxygen atoms in total. The van der Waals surface area contributed by atoms with Gasteiger partial charge >= 0.3 is 0 Å². The molecule has 7 heteroatoms. The number of rotatable bonds is 11. The van der Waals surface area contributed by atoms with Crippen LogP contribution in [0.1, 0.15) is 43.4 Å². The van der Waals surface area contributed by atoms with E-state index in [4.69, 9.17) is 16.3 Å². The van der Waals surface area contributed by atoms with Crippen molar-refractivity contribution in [1.82, 2.24) is 10.2 Å². The van der Waals surface area contributed by atoms with Crippen LogP contribution in [-0.4, -0.2) is 35.9 Å². The smallest absolute Gasteiger partial charge is 0.261 e. The first-order chi connectivity index (χ1) is 17.3. The molecule has 0 saturated heterocycles. The van der Waals surface area contributed by atoms with Crippen molar-refractivity contribution < 1.29 is 14.3 Å². The minimum absolute atomic E-state index is 0.203. The minimum Gasteiger partial charge on any atom is -0.483 e. The molecule has 3 aromatic rings. The topological polar surface area (TPSA) is 58.6 Å². The first kappa shape index (κ1) is 27.8. The third kappa shape index (κ3) is 7.84. The SMILES string of the molecule is CCNC(=O)C(Cc1ccccc1)N(Cc1cccc(Cl)c1)C(=O)COc1ccc(C(C)C)cc1Br. The van der Waals surface area contributed by atoms with Gasteiger partial charge in [0.15, 0.2) is 6.61 Å². The summed E-state index contributed by atoms with van der Waals surface area (Å²) in [7, 11) is 0. The number of likely N-dealkylation sites (N-methyl/N-ethyl adjacent to an activating group) is 1. The van der Waals surface area contributed by atoms with Gasteiger partial charge in [0.25, 0.3) is 5.91 Å². The number of ether oxygens (including phenoxy) is 1. The summed E-state index contributed by atoms with van der Waals surface area (Å²) in [4.78, 5) is 28.4. The zero-order chi connectivity index (χ0) is 26.1. The van der Waals surface area contributed by atoms with Crippen molar-refractivity contribution in [1.29, 1.82) is 0 Å². The van der Waals surface area contributed by atoms with E-state index >= 15 is 0 Å². The monoisotopic (exact) mass is 570 g/mol. The predicted molar refractivity (Wildman–Crippen MR) is 148 cm³/mol. The van der Waals surface area contributed by atoms with Crippen molar-refractivity contribution in [3.63, 3.8) is 0 Å². The number of hydrogen-bond acceptors (Lipinski definition) is 3. The standard InChI is InChI=1S/C29H32BrClN2O3/c1-4-32-29(35)26(16-21-9-6-5-7-10-21)33(18-22-11-8-12-24(31)15-22)28(34)19-36-27-14-13-23(20(2)3)17-25(27)30/h5-15,17,20,26H,4,16,18-19H2,1-3H3,(H,32,35). The Balaban J connectivity index is 1.88. The lowest BCUT2D eigenvalue weighted by Crippen LogP contribution is -2.51. The van der Waals surface area contributed by atoms with Crippen molar-refractivity contribution in [3.05, 3.63) is 99.0 Å². The zero-order valence-electron chi connectivity index (χ0n) is 20.8. The summed E-state index contributed by atoms with van der Waals surface area (Å²) in [6.07, 6.45) is 0.381. The fraction of sp³-hybridized carbons (Fsp3) is 0.310. The first-order valence-corrected chi connectivity index (χ1v) is 13.2. The van der Waals surface area contributed by atoms with E-state index in [1.807, 2.05) is 67.6 Å². The Bertz CT molecular complexity index is 1170. The molecule has 3 aromatic carbocycles. The van der Waals surface area contributed by atoms with Crippen molar-refractivity contribution in [2.24, 2.45) is 0 Å². The van der Waals surface area contributed by atoms with Gasteiger partial charge in [-0.1, -0.05) is 74.0 Å². The number of carbonyl (C=O) groups is 2. The van der Waals surface area contributed by atoms with E-state index in [2.05, 4.69) is 35.1 Å². The van der Waals surface area contributed by atoms with Crippen molar-refractivity contribution >= 4 is 39.3 Å². The van der Waals surface area contributed by atoms with Crippen molar-refractivity contribution in [2.75, 3.05) is 13.2 Å². The van der Waals surface area contributed by atoms with E-state index in [1.54, 1.807) is 17.0 Å². The van der Waals surface area contributed by atoms with Gasteiger partial charge in [0, 0.05) is 24.5 Å². The van der Waals surface area contributed by atoms with Crippen LogP contribution in [0.5, 0.6) is 5.75 Å². The third-order valence-electron chi connectivity index (χ3n) is 5.84. The Kier molecular flexibility index (Phi) is 10.4. The number of nitrogens with zero attached hydrogens (tertiary/aromatic N) is 1. The molecule has 1 unspecified atom stereocenters. The van der Waals surface area contributed by atoms with E-state index < -0.39 is 6.04 Å². The van der Waals surface area contributed by atoms with Gasteiger partial charge in [0.05, 0.1) is 4.47 Å². The van der Waals surface area contributed by atoms with Crippen LogP contribution >= 0.6 is 27.5 Å². The Morgan fingerprint density at radius 2 is 1.72 bits per heavy atom. The number of carbonyl (C=O) groups excluding carboxylic acids is 2. The highest BCUT2D eigenvalue weighted by molar-refractivity contribution is 9.10. The van der Waals surface area contributed by atoms with E-state index in [-0.39, 0.29) is 25.0 Å². The molecule has 0 aromatic heterocycles. The maximum absolute atomic E-state index is 13.6. The molecular formula is C29H32BrClN2O3. The van der Waals surface area contributed by atoms with E-state index in [9.17, 15) is 9.59 Å². The summed E-state index contributed by atoms with van der Waals surface area (Å²) in [5.74, 6) is 0.454. The molecule has 0 fully saturated rings. The molecule has 0 saturated carbocycles. The lowest BCUT2D eigenvalue weighted by molar-refractivity contribution is -0.142. The summed E-state index contributed by atoms with van der Waals surface area (Å²) in [6.45, 7) is 6.59. The molecule has 0 heterocycles. The van der Waals surface area contributed by atoms with Gasteiger partial charge in [0.2, 0.25) is 5.91 Å². The summed E-state index contributed by atoms with van der Waals surface area (Å²) in [5, 5.41) is 3.46. The first-order valence-electron chi connectivity index (χ1n) is 12.1. The molecule has 2 amide bonds. The largest absolute Gasteiger partial charge is 0.483 e. The molecule has 1 atom stereocenters. The lowest BCUT2D eigenvalue weighted by Gasteiger charge is -2.31. The quantitative estimate of drug-likeness (QED) is 0.291. The second-order valence-corrected chi connectivity index (χ2v) is 10.2. The lowest BCUT2D eigenvalue weighted by atomic mass is 10.0. The summed E-state index contributed by atoms with van der Waals surface area (Å²) in [5.41, 5.74) is 2.97. The van der Waals surface area contributed by atoms with Gasteiger partial charge in [-0.15, -0.1) is 0 Å². The fourth-order valence-corrected chi connectivity index (χ4v) is 4.62. The van der Waals surface area contributed by atoms with Gasteiger partial charge in [0.1, 0.15) is 11.8 Å². The highest BCUT2D eigenvalue weighted by Crippen LogP contribution is 2.29. The predicted octanol–water partition coefficient (Wildman–Crippen LogP) is 6.38. The maximum atomic E-state index is 13.6. The van der Waals surface area contributed by atoms with Gasteiger partial charge < -0.3 is 15.0 Å². The highest BCUT2D eigenvalue weighted by atomic mass is 79.9. The average Bonchev–Trinajstić information content (AvgIpc) is 2.86. The summed E-state index contributed by atoms with van der Waals surface area (Å²) >= 11 is 9.76. The second kappa shape index (κ2) is 13.5. The van der Waals surface area contributed by atoms with E-state index in [0.29, 0.717) is 29.7 Å². The molecule has 0 spiro atoms. The van der Waals surface area contributed by atoms with Crippen LogP contribution in [0, 0.1) is 0 Å². The Morgan fingerprint density at radius 1 is 1.00 bits per heavy atom. The average molecular weight is 572 g/mol. The highest BCUT2D eigenvalue weighted by Gasteiger charge is 2.30. The molecule has 0 radical (unpaired) electrons. The molecule has 0 aliphatic carbocycles. The molecule has 36 heavy (non-hydrogen) atoms. The Labute approximate surface area is 226 Å². The van der Waals surface area contributed by atoms with Crippen LogP contribution in [0.4, 0.5) is 0 Å². The van der Waals surface area contributed by atoms with E-state index in [0.717, 1.165) is 15.6 Å². The number of halogens is 2. The summed E-state index contributed by atoms with van der Waals surface area (Å²) in [6, 6.07) is 22.1. The second-order valence-electron chi connectivity index (χ2n) is 8.88. The van der Waals surface area contributed by atoms with Gasteiger partial charge in [-0.2, -0.15) is 0 Å². The van der Waals surface area contributed by atoms with Gasteiger partial charge in [-0.25, -0.2) is 0 Å². The molecular weight excluding hydrogens is 540 g/mol. The van der Waals surface area contributed by atoms with Crippen molar-refractivity contribution in [2.45, 2.75) is 45.7 Å². The maximum Gasteiger partial charge on any atom is 0.261 e. The molecule has 0 aliphatic heterocycles. The molecule has 3 rings (SSSR count). The number of nitrogens with one attached hydrogen (secondary N) is 1. The van der Waals surface area contributed by atoms with Gasteiger partial charge in [-0.3, -0.25) is 9.59 Å². The number of amides is 2. The number of benzene rings is 3. The van der Waals surface area contributed by atoms with E-state index in [1.165, 1.54) is 5.56 Å². The Morgan fingerprint density at radius 3 is 2.36 bits per heavy atom. The normalized spacial score (nSPS) is 11.7. The van der Waals surface area contributed by atoms with Crippen LogP contribution in [0.15, 0.2) is 77.3 Å². The van der Waals surface area contributed by atoms with Crippen LogP contribution in [0.25, 0.3) is 0 Å². The van der Waals surface area contributed by atoms with Crippen LogP contribution in [0.2, 0.25) is 5.02 Å². The molecule has 190 valence electrons. The minimum atomic E-state index is -0.714.